The van der Waals surface area contributed by atoms with Crippen molar-refractivity contribution in [2.24, 2.45) is 5.41 Å². The van der Waals surface area contributed by atoms with Crippen molar-refractivity contribution < 1.29 is 14.3 Å². The molecule has 0 saturated heterocycles. The second-order valence-corrected chi connectivity index (χ2v) is 5.98. The lowest BCUT2D eigenvalue weighted by molar-refractivity contribution is -0.138. The number of carbonyl (C=O) groups excluding carboxylic acids is 1. The predicted octanol–water partition coefficient (Wildman–Crippen LogP) is 1.97. The third kappa shape index (κ3) is 3.67. The Hall–Kier alpha value is -1.75. The first kappa shape index (κ1) is 15.6. The Kier molecular flexibility index (Phi) is 4.73. The molecule has 5 heteroatoms. The molecule has 1 aromatic carbocycles. The molecular weight excluding hydrogens is 268 g/mol. The first-order valence-corrected chi connectivity index (χ1v) is 7.32. The van der Waals surface area contributed by atoms with E-state index in [-0.39, 0.29) is 30.1 Å². The summed E-state index contributed by atoms with van der Waals surface area (Å²) >= 11 is 0. The van der Waals surface area contributed by atoms with Gasteiger partial charge in [0, 0.05) is 23.8 Å². The molecular formula is C16H24N2O3. The summed E-state index contributed by atoms with van der Waals surface area (Å²) in [6, 6.07) is 7.13. The number of nitrogens with one attached hydrogen (secondary N) is 1. The Morgan fingerprint density at radius 1 is 1.38 bits per heavy atom. The Morgan fingerprint density at radius 3 is 2.62 bits per heavy atom. The molecule has 116 valence electrons. The van der Waals surface area contributed by atoms with E-state index in [1.54, 1.807) is 24.3 Å². The molecule has 0 bridgehead atoms. The number of hydrogen-bond donors (Lipinski definition) is 2. The zero-order chi connectivity index (χ0) is 15.5. The lowest BCUT2D eigenvalue weighted by atomic mass is 9.64. The normalized spacial score (nSPS) is 23.2. The monoisotopic (exact) mass is 292 g/mol. The number of ether oxygens (including phenoxy) is 2. The lowest BCUT2D eigenvalue weighted by Gasteiger charge is -2.51. The lowest BCUT2D eigenvalue weighted by Crippen LogP contribution is -2.62. The maximum atomic E-state index is 11.9. The van der Waals surface area contributed by atoms with Gasteiger partial charge in [-0.15, -0.1) is 0 Å². The first-order chi connectivity index (χ1) is 9.93. The largest absolute Gasteiger partial charge is 0.484 e. The van der Waals surface area contributed by atoms with Gasteiger partial charge in [0.25, 0.3) is 5.91 Å². The summed E-state index contributed by atoms with van der Waals surface area (Å²) in [5, 5.41) is 3.01. The second-order valence-electron chi connectivity index (χ2n) is 5.98. The van der Waals surface area contributed by atoms with E-state index in [1.165, 1.54) is 0 Å². The third-order valence-electron chi connectivity index (χ3n) is 4.13. The van der Waals surface area contributed by atoms with Crippen molar-refractivity contribution in [3.63, 3.8) is 0 Å². The summed E-state index contributed by atoms with van der Waals surface area (Å²) in [6.45, 7) is 6.93. The van der Waals surface area contributed by atoms with Gasteiger partial charge < -0.3 is 20.5 Å². The van der Waals surface area contributed by atoms with Crippen LogP contribution in [0.5, 0.6) is 5.75 Å². The molecule has 2 atom stereocenters. The van der Waals surface area contributed by atoms with Gasteiger partial charge in [-0.2, -0.15) is 0 Å². The fraction of sp³-hybridized carbons (Fsp3) is 0.562. The van der Waals surface area contributed by atoms with Crippen molar-refractivity contribution in [1.29, 1.82) is 0 Å². The highest BCUT2D eigenvalue weighted by Crippen LogP contribution is 2.42. The number of anilines is 1. The van der Waals surface area contributed by atoms with E-state index in [2.05, 4.69) is 19.2 Å². The molecule has 0 heterocycles. The highest BCUT2D eigenvalue weighted by molar-refractivity contribution is 5.78. The van der Waals surface area contributed by atoms with Crippen molar-refractivity contribution in [3.05, 3.63) is 24.3 Å². The van der Waals surface area contributed by atoms with Gasteiger partial charge in [-0.25, -0.2) is 0 Å². The number of amides is 1. The topological polar surface area (TPSA) is 73.6 Å². The summed E-state index contributed by atoms with van der Waals surface area (Å²) in [6.07, 6.45) is 1.07. The van der Waals surface area contributed by atoms with Crippen LogP contribution in [-0.2, 0) is 9.53 Å². The van der Waals surface area contributed by atoms with Gasteiger partial charge in [-0.3, -0.25) is 4.79 Å². The quantitative estimate of drug-likeness (QED) is 0.786. The van der Waals surface area contributed by atoms with Gasteiger partial charge in [0.1, 0.15) is 5.75 Å². The van der Waals surface area contributed by atoms with E-state index in [0.717, 1.165) is 6.42 Å². The maximum Gasteiger partial charge on any atom is 0.258 e. The number of hydrogen-bond acceptors (Lipinski definition) is 4. The molecule has 1 aromatic rings. The molecule has 1 aliphatic carbocycles. The van der Waals surface area contributed by atoms with Crippen LogP contribution >= 0.6 is 0 Å². The fourth-order valence-corrected chi connectivity index (χ4v) is 2.56. The fourth-order valence-electron chi connectivity index (χ4n) is 2.56. The summed E-state index contributed by atoms with van der Waals surface area (Å²) in [5.41, 5.74) is 6.23. The summed E-state index contributed by atoms with van der Waals surface area (Å²) < 4.78 is 11.1. The minimum Gasteiger partial charge on any atom is -0.484 e. The highest BCUT2D eigenvalue weighted by atomic mass is 16.5. The molecule has 0 spiro atoms. The average Bonchev–Trinajstić information content (AvgIpc) is 2.45. The summed E-state index contributed by atoms with van der Waals surface area (Å²) in [4.78, 5) is 11.9. The van der Waals surface area contributed by atoms with Crippen LogP contribution in [0.4, 0.5) is 5.69 Å². The van der Waals surface area contributed by atoms with Crippen molar-refractivity contribution >= 4 is 11.6 Å². The maximum absolute atomic E-state index is 11.9. The predicted molar refractivity (Wildman–Crippen MR) is 82.1 cm³/mol. The van der Waals surface area contributed by atoms with Crippen molar-refractivity contribution in [3.8, 4) is 5.75 Å². The van der Waals surface area contributed by atoms with Crippen LogP contribution < -0.4 is 15.8 Å². The molecule has 0 aromatic heterocycles. The van der Waals surface area contributed by atoms with Crippen LogP contribution in [0, 0.1) is 5.41 Å². The second kappa shape index (κ2) is 6.35. The van der Waals surface area contributed by atoms with E-state index in [4.69, 9.17) is 15.2 Å². The van der Waals surface area contributed by atoms with E-state index in [1.807, 2.05) is 6.92 Å². The Labute approximate surface area is 125 Å². The van der Waals surface area contributed by atoms with Crippen LogP contribution in [-0.4, -0.2) is 31.3 Å². The summed E-state index contributed by atoms with van der Waals surface area (Å²) in [7, 11) is 0. The molecule has 1 amide bonds. The molecule has 0 aliphatic heterocycles. The number of nitrogens with two attached hydrogens (primary N) is 1. The molecule has 3 N–H and O–H groups in total. The molecule has 1 fully saturated rings. The minimum atomic E-state index is -0.111. The van der Waals surface area contributed by atoms with E-state index < -0.39 is 0 Å². The zero-order valence-electron chi connectivity index (χ0n) is 12.9. The van der Waals surface area contributed by atoms with Gasteiger partial charge in [0.15, 0.2) is 6.61 Å². The zero-order valence-corrected chi connectivity index (χ0v) is 12.9. The van der Waals surface area contributed by atoms with Crippen LogP contribution in [0.2, 0.25) is 0 Å². The number of carbonyl (C=O) groups is 1. The van der Waals surface area contributed by atoms with E-state index in [0.29, 0.717) is 18.0 Å². The Bertz CT molecular complexity index is 485. The van der Waals surface area contributed by atoms with Gasteiger partial charge in [-0.05, 0) is 37.6 Å². The Morgan fingerprint density at radius 2 is 2.05 bits per heavy atom. The standard InChI is InChI=1S/C16H24N2O3/c1-4-20-14-9-13(16(14,2)3)18-15(19)10-21-12-7-5-11(17)6-8-12/h5-8,13-14H,4,9-10,17H2,1-3H3,(H,18,19). The van der Waals surface area contributed by atoms with Gasteiger partial charge >= 0.3 is 0 Å². The van der Waals surface area contributed by atoms with Crippen molar-refractivity contribution in [2.75, 3.05) is 18.9 Å². The van der Waals surface area contributed by atoms with E-state index >= 15 is 0 Å². The average molecular weight is 292 g/mol. The van der Waals surface area contributed by atoms with Crippen molar-refractivity contribution in [1.82, 2.24) is 5.32 Å². The number of benzene rings is 1. The molecule has 2 unspecified atom stereocenters. The van der Waals surface area contributed by atoms with Gasteiger partial charge in [0.2, 0.25) is 0 Å². The smallest absolute Gasteiger partial charge is 0.258 e. The molecule has 2 rings (SSSR count). The number of rotatable bonds is 6. The molecule has 21 heavy (non-hydrogen) atoms. The number of nitrogen functional groups attached to an aromatic ring is 1. The van der Waals surface area contributed by atoms with Gasteiger partial charge in [-0.1, -0.05) is 13.8 Å². The Balaban J connectivity index is 1.77. The minimum absolute atomic E-state index is 0.00972. The molecule has 0 radical (unpaired) electrons. The molecule has 1 saturated carbocycles. The third-order valence-corrected chi connectivity index (χ3v) is 4.13. The highest BCUT2D eigenvalue weighted by Gasteiger charge is 2.49. The van der Waals surface area contributed by atoms with Crippen LogP contribution in [0.3, 0.4) is 0 Å². The SMILES string of the molecule is CCOC1CC(NC(=O)COc2ccc(N)cc2)C1(C)C. The van der Waals surface area contributed by atoms with Gasteiger partial charge in [0.05, 0.1) is 6.10 Å². The van der Waals surface area contributed by atoms with E-state index in [9.17, 15) is 4.79 Å². The summed E-state index contributed by atoms with van der Waals surface area (Å²) in [5.74, 6) is 0.527. The first-order valence-electron chi connectivity index (χ1n) is 7.32. The van der Waals surface area contributed by atoms with Crippen LogP contribution in [0.15, 0.2) is 24.3 Å². The van der Waals surface area contributed by atoms with Crippen molar-refractivity contribution in [2.45, 2.75) is 39.3 Å². The molecule has 5 nitrogen and oxygen atoms in total. The molecule has 1 aliphatic rings. The van der Waals surface area contributed by atoms with Crippen LogP contribution in [0.25, 0.3) is 0 Å². The van der Waals surface area contributed by atoms with Crippen LogP contribution in [0.1, 0.15) is 27.2 Å².